The number of carbonyl (C=O) groups excluding carboxylic acids is 1. The highest BCUT2D eigenvalue weighted by atomic mass is 16.3. The highest BCUT2D eigenvalue weighted by molar-refractivity contribution is 5.76. The van der Waals surface area contributed by atoms with Crippen molar-refractivity contribution in [3.8, 4) is 0 Å². The molecule has 0 saturated carbocycles. The number of benzene rings is 1. The highest BCUT2D eigenvalue weighted by Gasteiger charge is 2.07. The molecule has 1 aromatic rings. The summed E-state index contributed by atoms with van der Waals surface area (Å²) in [6, 6.07) is 9.91. The predicted octanol–water partition coefficient (Wildman–Crippen LogP) is 0.658. The Morgan fingerprint density at radius 1 is 1.33 bits per heavy atom. The van der Waals surface area contributed by atoms with Gasteiger partial charge in [-0.3, -0.25) is 4.79 Å². The monoisotopic (exact) mass is 250 g/mol. The van der Waals surface area contributed by atoms with E-state index in [1.54, 1.807) is 0 Å². The maximum atomic E-state index is 11.6. The van der Waals surface area contributed by atoms with E-state index >= 15 is 0 Å². The van der Waals surface area contributed by atoms with Crippen molar-refractivity contribution in [1.29, 1.82) is 0 Å². The van der Waals surface area contributed by atoms with E-state index in [1.165, 1.54) is 0 Å². The molecule has 0 saturated heterocycles. The molecule has 1 amide bonds. The molecule has 0 aliphatic carbocycles. The van der Waals surface area contributed by atoms with Crippen LogP contribution in [0.2, 0.25) is 0 Å². The van der Waals surface area contributed by atoms with Gasteiger partial charge in [-0.15, -0.1) is 0 Å². The third-order valence-electron chi connectivity index (χ3n) is 2.59. The molecule has 1 aromatic carbocycles. The van der Waals surface area contributed by atoms with Crippen LogP contribution in [-0.2, 0) is 11.2 Å². The van der Waals surface area contributed by atoms with Crippen LogP contribution in [0.5, 0.6) is 0 Å². The summed E-state index contributed by atoms with van der Waals surface area (Å²) in [6.07, 6.45) is 0.676. The summed E-state index contributed by atoms with van der Waals surface area (Å²) >= 11 is 0. The molecule has 1 rings (SSSR count). The molecule has 0 radical (unpaired) electrons. The minimum Gasteiger partial charge on any atom is -0.390 e. The van der Waals surface area contributed by atoms with Crippen molar-refractivity contribution in [1.82, 2.24) is 10.2 Å². The molecule has 0 aliphatic heterocycles. The zero-order valence-electron chi connectivity index (χ0n) is 11.1. The van der Waals surface area contributed by atoms with E-state index < -0.39 is 6.10 Å². The van der Waals surface area contributed by atoms with E-state index in [2.05, 4.69) is 5.32 Å². The molecule has 0 fully saturated rings. The Kier molecular flexibility index (Phi) is 6.39. The van der Waals surface area contributed by atoms with Crippen LogP contribution in [0.25, 0.3) is 0 Å². The Hall–Kier alpha value is -1.39. The number of aryl methyl sites for hydroxylation is 1. The van der Waals surface area contributed by atoms with Crippen LogP contribution in [0.4, 0.5) is 0 Å². The quantitative estimate of drug-likeness (QED) is 0.747. The lowest BCUT2D eigenvalue weighted by Crippen LogP contribution is -2.37. The van der Waals surface area contributed by atoms with Crippen LogP contribution in [0.1, 0.15) is 12.0 Å². The minimum atomic E-state index is -0.513. The predicted molar refractivity (Wildman–Crippen MR) is 72.3 cm³/mol. The molecular weight excluding hydrogens is 228 g/mol. The van der Waals surface area contributed by atoms with E-state index in [0.717, 1.165) is 12.0 Å². The second-order valence-electron chi connectivity index (χ2n) is 4.71. The van der Waals surface area contributed by atoms with Crippen LogP contribution in [0.15, 0.2) is 30.3 Å². The Morgan fingerprint density at radius 3 is 2.61 bits per heavy atom. The number of aliphatic hydroxyl groups excluding tert-OH is 1. The van der Waals surface area contributed by atoms with E-state index in [0.29, 0.717) is 19.5 Å². The first-order valence-electron chi connectivity index (χ1n) is 6.21. The zero-order chi connectivity index (χ0) is 13.4. The number of amides is 1. The van der Waals surface area contributed by atoms with Gasteiger partial charge in [-0.2, -0.15) is 0 Å². The fourth-order valence-electron chi connectivity index (χ4n) is 1.71. The maximum Gasteiger partial charge on any atom is 0.220 e. The van der Waals surface area contributed by atoms with Gasteiger partial charge in [0.25, 0.3) is 0 Å². The first-order valence-corrected chi connectivity index (χ1v) is 6.21. The molecule has 100 valence electrons. The number of hydrogen-bond acceptors (Lipinski definition) is 3. The van der Waals surface area contributed by atoms with Crippen LogP contribution in [-0.4, -0.2) is 49.2 Å². The number of carbonyl (C=O) groups is 1. The summed E-state index contributed by atoms with van der Waals surface area (Å²) < 4.78 is 0. The van der Waals surface area contributed by atoms with E-state index in [9.17, 15) is 9.90 Å². The number of aliphatic hydroxyl groups is 1. The van der Waals surface area contributed by atoms with Crippen molar-refractivity contribution in [2.45, 2.75) is 18.9 Å². The molecule has 0 aromatic heterocycles. The molecule has 18 heavy (non-hydrogen) atoms. The first-order chi connectivity index (χ1) is 8.58. The van der Waals surface area contributed by atoms with E-state index in [-0.39, 0.29) is 5.91 Å². The summed E-state index contributed by atoms with van der Waals surface area (Å²) in [4.78, 5) is 13.5. The maximum absolute atomic E-state index is 11.6. The average Bonchev–Trinajstić information content (AvgIpc) is 2.34. The number of likely N-dealkylation sites (N-methyl/N-ethyl adjacent to an activating group) is 1. The number of nitrogens with zero attached hydrogens (tertiary/aromatic N) is 1. The third kappa shape index (κ3) is 6.37. The second-order valence-corrected chi connectivity index (χ2v) is 4.71. The van der Waals surface area contributed by atoms with Gasteiger partial charge >= 0.3 is 0 Å². The summed E-state index contributed by atoms with van der Waals surface area (Å²) in [6.45, 7) is 0.866. The van der Waals surface area contributed by atoms with E-state index in [1.807, 2.05) is 49.3 Å². The Bertz CT molecular complexity index is 352. The van der Waals surface area contributed by atoms with Gasteiger partial charge in [0, 0.05) is 19.5 Å². The lowest BCUT2D eigenvalue weighted by Gasteiger charge is -2.16. The van der Waals surface area contributed by atoms with Crippen molar-refractivity contribution >= 4 is 5.91 Å². The summed E-state index contributed by atoms with van der Waals surface area (Å²) in [5.41, 5.74) is 1.15. The van der Waals surface area contributed by atoms with Gasteiger partial charge < -0.3 is 15.3 Å². The summed E-state index contributed by atoms with van der Waals surface area (Å²) in [7, 11) is 3.78. The van der Waals surface area contributed by atoms with Crippen molar-refractivity contribution < 1.29 is 9.90 Å². The highest BCUT2D eigenvalue weighted by Crippen LogP contribution is 2.01. The number of rotatable bonds is 7. The normalized spacial score (nSPS) is 12.4. The van der Waals surface area contributed by atoms with Crippen LogP contribution >= 0.6 is 0 Å². The van der Waals surface area contributed by atoms with Gasteiger partial charge in [0.05, 0.1) is 6.10 Å². The SMILES string of the molecule is CN(C)CC(O)CNC(=O)CCc1ccccc1. The van der Waals surface area contributed by atoms with Crippen molar-refractivity contribution in [3.05, 3.63) is 35.9 Å². The van der Waals surface area contributed by atoms with Crippen LogP contribution < -0.4 is 5.32 Å². The van der Waals surface area contributed by atoms with E-state index in [4.69, 9.17) is 0 Å². The van der Waals surface area contributed by atoms with Crippen LogP contribution in [0, 0.1) is 0 Å². The molecule has 1 atom stereocenters. The second kappa shape index (κ2) is 7.84. The Morgan fingerprint density at radius 2 is 2.00 bits per heavy atom. The van der Waals surface area contributed by atoms with Crippen LogP contribution in [0.3, 0.4) is 0 Å². The first kappa shape index (κ1) is 14.7. The lowest BCUT2D eigenvalue weighted by molar-refractivity contribution is -0.121. The molecule has 4 nitrogen and oxygen atoms in total. The molecule has 1 unspecified atom stereocenters. The van der Waals surface area contributed by atoms with Crippen molar-refractivity contribution in [2.75, 3.05) is 27.2 Å². The number of nitrogens with one attached hydrogen (secondary N) is 1. The molecule has 0 spiro atoms. The van der Waals surface area contributed by atoms with Crippen molar-refractivity contribution in [2.24, 2.45) is 0 Å². The lowest BCUT2D eigenvalue weighted by atomic mass is 10.1. The standard InChI is InChI=1S/C14H22N2O2/c1-16(2)11-13(17)10-15-14(18)9-8-12-6-4-3-5-7-12/h3-7,13,17H,8-11H2,1-2H3,(H,15,18). The van der Waals surface area contributed by atoms with Crippen molar-refractivity contribution in [3.63, 3.8) is 0 Å². The topological polar surface area (TPSA) is 52.6 Å². The summed E-state index contributed by atoms with van der Waals surface area (Å²) in [5.74, 6) is -0.0170. The molecule has 0 heterocycles. The zero-order valence-corrected chi connectivity index (χ0v) is 11.1. The number of hydrogen-bond donors (Lipinski definition) is 2. The molecule has 2 N–H and O–H groups in total. The van der Waals surface area contributed by atoms with Gasteiger partial charge in [-0.1, -0.05) is 30.3 Å². The fourth-order valence-corrected chi connectivity index (χ4v) is 1.71. The fraction of sp³-hybridized carbons (Fsp3) is 0.500. The van der Waals surface area contributed by atoms with Gasteiger partial charge in [0.2, 0.25) is 5.91 Å². The van der Waals surface area contributed by atoms with Gasteiger partial charge in [0.1, 0.15) is 0 Å². The van der Waals surface area contributed by atoms with Gasteiger partial charge in [0.15, 0.2) is 0 Å². The van der Waals surface area contributed by atoms with Gasteiger partial charge in [-0.25, -0.2) is 0 Å². The average molecular weight is 250 g/mol. The summed E-state index contributed by atoms with van der Waals surface area (Å²) in [5, 5.41) is 12.3. The molecule has 0 bridgehead atoms. The smallest absolute Gasteiger partial charge is 0.220 e. The minimum absolute atomic E-state index is 0.0170. The molecule has 0 aliphatic rings. The largest absolute Gasteiger partial charge is 0.390 e. The Labute approximate surface area is 109 Å². The molecular formula is C14H22N2O2. The third-order valence-corrected chi connectivity index (χ3v) is 2.59. The molecule has 4 heteroatoms. The Balaban J connectivity index is 2.18. The van der Waals surface area contributed by atoms with Gasteiger partial charge in [-0.05, 0) is 26.1 Å².